The zero-order valence-corrected chi connectivity index (χ0v) is 13.4. The SMILES string of the molecule is COCOC(=O)C12CC3CC(CC(OC(=O)C(C)(F)F)(C3)C1)C2. The zero-order valence-electron chi connectivity index (χ0n) is 13.4. The number of hydrogen-bond donors (Lipinski definition) is 0. The Morgan fingerprint density at radius 3 is 2.30 bits per heavy atom. The van der Waals surface area contributed by atoms with E-state index in [1.165, 1.54) is 7.11 Å². The van der Waals surface area contributed by atoms with E-state index in [2.05, 4.69) is 0 Å². The second-order valence-corrected chi connectivity index (χ2v) is 7.54. The molecule has 2 atom stereocenters. The molecule has 0 N–H and O–H groups in total. The van der Waals surface area contributed by atoms with Gasteiger partial charge >= 0.3 is 17.9 Å². The Morgan fingerprint density at radius 1 is 1.17 bits per heavy atom. The summed E-state index contributed by atoms with van der Waals surface area (Å²) in [5.41, 5.74) is -1.68. The molecule has 0 heterocycles. The highest BCUT2D eigenvalue weighted by atomic mass is 19.3. The number of ether oxygens (including phenoxy) is 3. The van der Waals surface area contributed by atoms with Crippen LogP contribution in [0.1, 0.15) is 45.4 Å². The van der Waals surface area contributed by atoms with E-state index in [9.17, 15) is 18.4 Å². The van der Waals surface area contributed by atoms with Gasteiger partial charge in [-0.1, -0.05) is 0 Å². The molecule has 7 heteroatoms. The van der Waals surface area contributed by atoms with Crippen LogP contribution in [0.15, 0.2) is 0 Å². The molecule has 0 saturated heterocycles. The minimum absolute atomic E-state index is 0.129. The highest BCUT2D eigenvalue weighted by molar-refractivity contribution is 5.79. The van der Waals surface area contributed by atoms with E-state index in [1.807, 2.05) is 0 Å². The smallest absolute Gasteiger partial charge is 0.377 e. The van der Waals surface area contributed by atoms with Gasteiger partial charge in [-0.15, -0.1) is 0 Å². The fourth-order valence-corrected chi connectivity index (χ4v) is 5.09. The molecule has 4 saturated carbocycles. The average Bonchev–Trinajstić information content (AvgIpc) is 2.41. The molecule has 0 aromatic heterocycles. The maximum atomic E-state index is 13.2. The molecule has 4 aliphatic carbocycles. The standard InChI is InChI=1S/C16H22F2O5/c1-14(17,18)12(19)23-16-6-10-3-11(7-16)5-15(4-10,8-16)13(20)22-9-21-2/h10-11H,3-9H2,1-2H3. The average molecular weight is 332 g/mol. The maximum absolute atomic E-state index is 13.2. The van der Waals surface area contributed by atoms with Crippen molar-refractivity contribution in [2.24, 2.45) is 17.3 Å². The Balaban J connectivity index is 1.81. The van der Waals surface area contributed by atoms with Crippen molar-refractivity contribution in [2.75, 3.05) is 13.9 Å². The summed E-state index contributed by atoms with van der Waals surface area (Å²) < 4.78 is 41.7. The second kappa shape index (κ2) is 5.40. The van der Waals surface area contributed by atoms with Crippen molar-refractivity contribution in [2.45, 2.75) is 57.0 Å². The Hall–Kier alpha value is -1.24. The van der Waals surface area contributed by atoms with Crippen LogP contribution in [-0.2, 0) is 23.8 Å². The summed E-state index contributed by atoms with van der Waals surface area (Å²) >= 11 is 0. The normalized spacial score (nSPS) is 38.4. The molecule has 0 aliphatic heterocycles. The minimum atomic E-state index is -3.52. The molecule has 0 spiro atoms. The Morgan fingerprint density at radius 2 is 1.78 bits per heavy atom. The van der Waals surface area contributed by atoms with Gasteiger partial charge < -0.3 is 14.2 Å². The lowest BCUT2D eigenvalue weighted by molar-refractivity contribution is -0.227. The maximum Gasteiger partial charge on any atom is 0.377 e. The third-order valence-electron chi connectivity index (χ3n) is 5.42. The van der Waals surface area contributed by atoms with Gasteiger partial charge in [0.05, 0.1) is 5.41 Å². The lowest BCUT2D eigenvalue weighted by atomic mass is 9.48. The van der Waals surface area contributed by atoms with E-state index in [0.29, 0.717) is 32.6 Å². The molecule has 23 heavy (non-hydrogen) atoms. The molecular weight excluding hydrogens is 310 g/mol. The van der Waals surface area contributed by atoms with Crippen LogP contribution in [0.4, 0.5) is 8.78 Å². The highest BCUT2D eigenvalue weighted by Gasteiger charge is 2.63. The second-order valence-electron chi connectivity index (χ2n) is 7.54. The number of alkyl halides is 2. The highest BCUT2D eigenvalue weighted by Crippen LogP contribution is 2.63. The third-order valence-corrected chi connectivity index (χ3v) is 5.42. The number of hydrogen-bond acceptors (Lipinski definition) is 5. The monoisotopic (exact) mass is 332 g/mol. The van der Waals surface area contributed by atoms with Crippen molar-refractivity contribution < 1.29 is 32.6 Å². The van der Waals surface area contributed by atoms with Crippen molar-refractivity contribution in [3.8, 4) is 0 Å². The van der Waals surface area contributed by atoms with Gasteiger partial charge in [-0.2, -0.15) is 8.78 Å². The zero-order chi connectivity index (χ0) is 16.9. The number of carbonyl (C=O) groups excluding carboxylic acids is 2. The van der Waals surface area contributed by atoms with Gasteiger partial charge in [0, 0.05) is 20.5 Å². The van der Waals surface area contributed by atoms with Gasteiger partial charge in [-0.05, 0) is 43.9 Å². The van der Waals surface area contributed by atoms with E-state index in [0.717, 1.165) is 6.42 Å². The first kappa shape index (κ1) is 16.6. The Kier molecular flexibility index (Phi) is 3.90. The number of carbonyl (C=O) groups is 2. The van der Waals surface area contributed by atoms with Crippen LogP contribution in [0.2, 0.25) is 0 Å². The summed E-state index contributed by atoms with van der Waals surface area (Å²) in [5.74, 6) is -4.96. The van der Waals surface area contributed by atoms with Crippen LogP contribution in [0.3, 0.4) is 0 Å². The van der Waals surface area contributed by atoms with Gasteiger partial charge in [-0.25, -0.2) is 4.79 Å². The molecule has 4 fully saturated rings. The number of rotatable bonds is 5. The molecule has 2 unspecified atom stereocenters. The van der Waals surface area contributed by atoms with E-state index in [1.54, 1.807) is 0 Å². The Bertz CT molecular complexity index is 499. The van der Waals surface area contributed by atoms with Crippen molar-refractivity contribution in [3.05, 3.63) is 0 Å². The predicted molar refractivity (Wildman–Crippen MR) is 74.5 cm³/mol. The fourth-order valence-electron chi connectivity index (χ4n) is 5.09. The summed E-state index contributed by atoms with van der Waals surface area (Å²) in [6.07, 6.45) is 3.70. The van der Waals surface area contributed by atoms with Crippen molar-refractivity contribution in [1.82, 2.24) is 0 Å². The summed E-state index contributed by atoms with van der Waals surface area (Å²) in [6.45, 7) is 0.411. The van der Waals surface area contributed by atoms with Crippen LogP contribution >= 0.6 is 0 Å². The van der Waals surface area contributed by atoms with Gasteiger partial charge in [0.15, 0.2) is 6.79 Å². The van der Waals surface area contributed by atoms with Gasteiger partial charge in [0.2, 0.25) is 0 Å². The Labute approximate surface area is 133 Å². The molecule has 0 aromatic rings. The van der Waals surface area contributed by atoms with Gasteiger partial charge in [-0.3, -0.25) is 4.79 Å². The lowest BCUT2D eigenvalue weighted by Crippen LogP contribution is -2.60. The van der Waals surface area contributed by atoms with Crippen LogP contribution < -0.4 is 0 Å². The van der Waals surface area contributed by atoms with Crippen molar-refractivity contribution in [3.63, 3.8) is 0 Å². The summed E-state index contributed by atoms with van der Waals surface area (Å²) in [4.78, 5) is 24.2. The predicted octanol–water partition coefficient (Wildman–Crippen LogP) is 2.67. The van der Waals surface area contributed by atoms with Gasteiger partial charge in [0.1, 0.15) is 5.60 Å². The largest absolute Gasteiger partial charge is 0.455 e. The van der Waals surface area contributed by atoms with Crippen LogP contribution in [0.5, 0.6) is 0 Å². The third kappa shape index (κ3) is 2.95. The van der Waals surface area contributed by atoms with E-state index in [4.69, 9.17) is 14.2 Å². The molecule has 0 amide bonds. The van der Waals surface area contributed by atoms with Crippen molar-refractivity contribution in [1.29, 1.82) is 0 Å². The number of halogens is 2. The molecular formula is C16H22F2O5. The van der Waals surface area contributed by atoms with E-state index in [-0.39, 0.29) is 31.0 Å². The van der Waals surface area contributed by atoms with Crippen LogP contribution in [-0.4, -0.2) is 37.4 Å². The molecule has 0 aromatic carbocycles. The first-order chi connectivity index (χ1) is 10.7. The first-order valence-electron chi connectivity index (χ1n) is 7.95. The summed E-state index contributed by atoms with van der Waals surface area (Å²) in [7, 11) is 1.43. The topological polar surface area (TPSA) is 61.8 Å². The lowest BCUT2D eigenvalue weighted by Gasteiger charge is -2.59. The summed E-state index contributed by atoms with van der Waals surface area (Å²) in [6, 6.07) is 0. The number of esters is 2. The summed E-state index contributed by atoms with van der Waals surface area (Å²) in [5, 5.41) is 0. The molecule has 4 bridgehead atoms. The quantitative estimate of drug-likeness (QED) is 0.572. The molecule has 5 nitrogen and oxygen atoms in total. The molecule has 4 rings (SSSR count). The minimum Gasteiger partial charge on any atom is -0.455 e. The fraction of sp³-hybridized carbons (Fsp3) is 0.875. The van der Waals surface area contributed by atoms with Crippen molar-refractivity contribution >= 4 is 11.9 Å². The molecule has 0 radical (unpaired) electrons. The van der Waals surface area contributed by atoms with Crippen LogP contribution in [0.25, 0.3) is 0 Å². The van der Waals surface area contributed by atoms with Gasteiger partial charge in [0.25, 0.3) is 0 Å². The number of methoxy groups -OCH3 is 1. The van der Waals surface area contributed by atoms with E-state index >= 15 is 0 Å². The molecule has 130 valence electrons. The molecule has 4 aliphatic rings. The van der Waals surface area contributed by atoms with Crippen LogP contribution in [0, 0.1) is 17.3 Å². The van der Waals surface area contributed by atoms with E-state index < -0.39 is 22.9 Å². The first-order valence-corrected chi connectivity index (χ1v) is 7.95.